The number of hydrogen-bond acceptors (Lipinski definition) is 3. The van der Waals surface area contributed by atoms with Gasteiger partial charge in [0.15, 0.2) is 0 Å². The van der Waals surface area contributed by atoms with Crippen LogP contribution in [0.4, 0.5) is 10.5 Å². The van der Waals surface area contributed by atoms with Gasteiger partial charge in [-0.2, -0.15) is 0 Å². The van der Waals surface area contributed by atoms with Gasteiger partial charge in [-0.3, -0.25) is 14.6 Å². The largest absolute Gasteiger partial charge is 0.348 e. The van der Waals surface area contributed by atoms with Crippen molar-refractivity contribution in [3.8, 4) is 0 Å². The van der Waals surface area contributed by atoms with E-state index in [2.05, 4.69) is 39.8 Å². The SMILES string of the molecule is C[C@H](CN1CCc2ccccc2C1)NC(=O)c1cccc(N2CCNC2=O)c1. The van der Waals surface area contributed by atoms with Gasteiger partial charge >= 0.3 is 6.03 Å². The van der Waals surface area contributed by atoms with E-state index in [9.17, 15) is 9.59 Å². The summed E-state index contributed by atoms with van der Waals surface area (Å²) in [6.07, 6.45) is 1.05. The lowest BCUT2D eigenvalue weighted by Gasteiger charge is -2.31. The van der Waals surface area contributed by atoms with Gasteiger partial charge in [-0.05, 0) is 42.7 Å². The highest BCUT2D eigenvalue weighted by Crippen LogP contribution is 2.20. The summed E-state index contributed by atoms with van der Waals surface area (Å²) in [7, 11) is 0. The van der Waals surface area contributed by atoms with Gasteiger partial charge in [0, 0.05) is 50.0 Å². The van der Waals surface area contributed by atoms with Gasteiger partial charge < -0.3 is 10.6 Å². The quantitative estimate of drug-likeness (QED) is 0.840. The number of amides is 3. The van der Waals surface area contributed by atoms with Crippen LogP contribution in [0.3, 0.4) is 0 Å². The number of nitrogens with zero attached hydrogens (tertiary/aromatic N) is 2. The molecule has 28 heavy (non-hydrogen) atoms. The Bertz CT molecular complexity index is 882. The first-order valence-electron chi connectivity index (χ1n) is 9.85. The van der Waals surface area contributed by atoms with Crippen molar-refractivity contribution in [3.63, 3.8) is 0 Å². The highest BCUT2D eigenvalue weighted by molar-refractivity contribution is 5.98. The Morgan fingerprint density at radius 1 is 1.14 bits per heavy atom. The average molecular weight is 378 g/mol. The normalized spacial score (nSPS) is 17.8. The molecule has 2 aromatic carbocycles. The minimum atomic E-state index is -0.115. The van der Waals surface area contributed by atoms with Crippen LogP contribution < -0.4 is 15.5 Å². The van der Waals surface area contributed by atoms with E-state index in [1.165, 1.54) is 11.1 Å². The van der Waals surface area contributed by atoms with Crippen LogP contribution in [0.2, 0.25) is 0 Å². The van der Waals surface area contributed by atoms with E-state index < -0.39 is 0 Å². The second kappa shape index (κ2) is 8.02. The van der Waals surface area contributed by atoms with E-state index in [-0.39, 0.29) is 18.0 Å². The molecule has 0 bridgehead atoms. The fourth-order valence-electron chi connectivity index (χ4n) is 3.98. The molecule has 6 heteroatoms. The van der Waals surface area contributed by atoms with Crippen LogP contribution in [-0.4, -0.2) is 49.1 Å². The molecule has 0 unspecified atom stereocenters. The monoisotopic (exact) mass is 378 g/mol. The molecule has 6 nitrogen and oxygen atoms in total. The lowest BCUT2D eigenvalue weighted by molar-refractivity contribution is 0.0927. The first-order valence-corrected chi connectivity index (χ1v) is 9.85. The van der Waals surface area contributed by atoms with E-state index in [1.807, 2.05) is 19.1 Å². The molecule has 2 aliphatic heterocycles. The van der Waals surface area contributed by atoms with Crippen LogP contribution >= 0.6 is 0 Å². The molecular formula is C22H26N4O2. The van der Waals surface area contributed by atoms with Crippen molar-refractivity contribution < 1.29 is 9.59 Å². The van der Waals surface area contributed by atoms with Crippen LogP contribution in [0.5, 0.6) is 0 Å². The van der Waals surface area contributed by atoms with Crippen molar-refractivity contribution >= 4 is 17.6 Å². The van der Waals surface area contributed by atoms with Crippen molar-refractivity contribution in [1.82, 2.24) is 15.5 Å². The molecule has 0 spiro atoms. The molecule has 2 aromatic rings. The Morgan fingerprint density at radius 2 is 1.96 bits per heavy atom. The van der Waals surface area contributed by atoms with E-state index in [0.29, 0.717) is 18.7 Å². The van der Waals surface area contributed by atoms with Crippen LogP contribution in [0, 0.1) is 0 Å². The smallest absolute Gasteiger partial charge is 0.321 e. The fraction of sp³-hybridized carbons (Fsp3) is 0.364. The van der Waals surface area contributed by atoms with Gasteiger partial charge in [-0.1, -0.05) is 30.3 Å². The summed E-state index contributed by atoms with van der Waals surface area (Å²) in [6, 6.07) is 15.7. The van der Waals surface area contributed by atoms with Crippen LogP contribution in [0.25, 0.3) is 0 Å². The van der Waals surface area contributed by atoms with Gasteiger partial charge in [-0.25, -0.2) is 4.79 Å². The summed E-state index contributed by atoms with van der Waals surface area (Å²) in [4.78, 5) is 28.6. The molecule has 146 valence electrons. The molecule has 0 aliphatic carbocycles. The minimum absolute atomic E-state index is 0.0384. The number of carbonyl (C=O) groups excluding carboxylic acids is 2. The molecule has 0 aromatic heterocycles. The lowest BCUT2D eigenvalue weighted by atomic mass is 9.99. The molecule has 0 saturated carbocycles. The predicted octanol–water partition coefficient (Wildman–Crippen LogP) is 2.39. The molecule has 4 rings (SSSR count). The van der Waals surface area contributed by atoms with Gasteiger partial charge in [0.25, 0.3) is 5.91 Å². The summed E-state index contributed by atoms with van der Waals surface area (Å²) in [5, 5.41) is 5.88. The van der Waals surface area contributed by atoms with Crippen LogP contribution in [0.1, 0.15) is 28.4 Å². The highest BCUT2D eigenvalue weighted by Gasteiger charge is 2.22. The van der Waals surface area contributed by atoms with E-state index in [1.54, 1.807) is 17.0 Å². The second-order valence-corrected chi connectivity index (χ2v) is 7.56. The molecular weight excluding hydrogens is 352 g/mol. The topological polar surface area (TPSA) is 64.7 Å². The zero-order chi connectivity index (χ0) is 19.5. The predicted molar refractivity (Wildman–Crippen MR) is 110 cm³/mol. The average Bonchev–Trinajstić information content (AvgIpc) is 3.14. The van der Waals surface area contributed by atoms with E-state index in [0.717, 1.165) is 31.7 Å². The molecule has 3 amide bonds. The first kappa shape index (κ1) is 18.5. The lowest BCUT2D eigenvalue weighted by Crippen LogP contribution is -2.43. The summed E-state index contributed by atoms with van der Waals surface area (Å²) >= 11 is 0. The summed E-state index contributed by atoms with van der Waals surface area (Å²) in [5.74, 6) is -0.105. The van der Waals surface area contributed by atoms with E-state index in [4.69, 9.17) is 0 Å². The van der Waals surface area contributed by atoms with Gasteiger partial charge in [-0.15, -0.1) is 0 Å². The van der Waals surface area contributed by atoms with Crippen molar-refractivity contribution in [1.29, 1.82) is 0 Å². The number of urea groups is 1. The number of fused-ring (bicyclic) bond motifs is 1. The molecule has 1 fully saturated rings. The molecule has 1 atom stereocenters. The van der Waals surface area contributed by atoms with Crippen molar-refractivity contribution in [2.75, 3.05) is 31.1 Å². The number of benzene rings is 2. The van der Waals surface area contributed by atoms with Gasteiger partial charge in [0.2, 0.25) is 0 Å². The van der Waals surface area contributed by atoms with Crippen molar-refractivity contribution in [2.45, 2.75) is 25.9 Å². The number of hydrogen-bond donors (Lipinski definition) is 2. The maximum absolute atomic E-state index is 12.7. The zero-order valence-corrected chi connectivity index (χ0v) is 16.1. The fourth-order valence-corrected chi connectivity index (χ4v) is 3.98. The molecule has 1 saturated heterocycles. The third kappa shape index (κ3) is 4.02. The van der Waals surface area contributed by atoms with E-state index >= 15 is 0 Å². The minimum Gasteiger partial charge on any atom is -0.348 e. The van der Waals surface area contributed by atoms with Crippen LogP contribution in [0.15, 0.2) is 48.5 Å². The summed E-state index contributed by atoms with van der Waals surface area (Å²) in [5.41, 5.74) is 4.14. The molecule has 2 N–H and O–H groups in total. The first-order chi connectivity index (χ1) is 13.6. The second-order valence-electron chi connectivity index (χ2n) is 7.56. The van der Waals surface area contributed by atoms with Crippen molar-refractivity contribution in [2.24, 2.45) is 0 Å². The third-order valence-electron chi connectivity index (χ3n) is 5.40. The summed E-state index contributed by atoms with van der Waals surface area (Å²) < 4.78 is 0. The highest BCUT2D eigenvalue weighted by atomic mass is 16.2. The Balaban J connectivity index is 1.35. The Kier molecular flexibility index (Phi) is 5.30. The number of nitrogens with one attached hydrogen (secondary N) is 2. The number of rotatable bonds is 5. The third-order valence-corrected chi connectivity index (χ3v) is 5.40. The summed E-state index contributed by atoms with van der Waals surface area (Å²) in [6.45, 7) is 6.04. The Morgan fingerprint density at radius 3 is 2.75 bits per heavy atom. The van der Waals surface area contributed by atoms with Gasteiger partial charge in [0.05, 0.1) is 0 Å². The maximum atomic E-state index is 12.7. The number of anilines is 1. The zero-order valence-electron chi connectivity index (χ0n) is 16.1. The Labute approximate surface area is 165 Å². The Hall–Kier alpha value is -2.86. The number of carbonyl (C=O) groups is 2. The van der Waals surface area contributed by atoms with Crippen LogP contribution in [-0.2, 0) is 13.0 Å². The van der Waals surface area contributed by atoms with Gasteiger partial charge in [0.1, 0.15) is 0 Å². The maximum Gasteiger partial charge on any atom is 0.321 e. The molecule has 0 radical (unpaired) electrons. The molecule has 2 heterocycles. The molecule has 2 aliphatic rings. The van der Waals surface area contributed by atoms with Crippen molar-refractivity contribution in [3.05, 3.63) is 65.2 Å². The standard InChI is InChI=1S/C22H26N4O2/c1-16(14-25-11-9-17-5-2-3-6-19(17)15-25)24-21(27)18-7-4-8-20(13-18)26-12-10-23-22(26)28/h2-8,13,16H,9-12,14-15H2,1H3,(H,23,28)(H,24,27)/t16-/m1/s1.